The van der Waals surface area contributed by atoms with Gasteiger partial charge in [-0.2, -0.15) is 0 Å². The Morgan fingerprint density at radius 1 is 0.567 bits per heavy atom. The van der Waals surface area contributed by atoms with Crippen LogP contribution in [-0.2, 0) is 12.8 Å². The molecule has 0 aliphatic rings. The van der Waals surface area contributed by atoms with Crippen molar-refractivity contribution in [3.05, 3.63) is 58.5 Å². The predicted octanol–water partition coefficient (Wildman–Crippen LogP) is 6.94. The van der Waals surface area contributed by atoms with Gasteiger partial charge in [-0.25, -0.2) is 0 Å². The van der Waals surface area contributed by atoms with Gasteiger partial charge in [0.05, 0.1) is 0 Å². The highest BCUT2D eigenvalue weighted by Crippen LogP contribution is 2.32. The molecule has 6 heteroatoms. The summed E-state index contributed by atoms with van der Waals surface area (Å²) in [5.41, 5.74) is 2.26. The molecule has 150 valence electrons. The number of benzene rings is 3. The average molecular weight is 431 g/mol. The highest BCUT2D eigenvalue weighted by atomic mass is 32.1. The molecule has 0 bridgehead atoms. The Morgan fingerprint density at radius 3 is 1.50 bits per heavy atom. The topological polar surface area (TPSA) is 51.6 Å². The van der Waals surface area contributed by atoms with Crippen LogP contribution in [0.25, 0.3) is 42.7 Å². The minimum absolute atomic E-state index is 0.990. The molecule has 0 N–H and O–H groups in total. The van der Waals surface area contributed by atoms with Crippen molar-refractivity contribution in [3.8, 4) is 21.1 Å². The lowest BCUT2D eigenvalue weighted by Gasteiger charge is -2.06. The van der Waals surface area contributed by atoms with Gasteiger partial charge in [0.15, 0.2) is 0 Å². The lowest BCUT2D eigenvalue weighted by atomic mass is 10.0. The minimum atomic E-state index is 0.990. The second kappa shape index (κ2) is 8.20. The van der Waals surface area contributed by atoms with Crippen molar-refractivity contribution in [1.29, 1.82) is 0 Å². The number of rotatable bonds is 6. The number of aryl methyl sites for hydroxylation is 2. The predicted molar refractivity (Wildman–Crippen MR) is 127 cm³/mol. The summed E-state index contributed by atoms with van der Waals surface area (Å²) in [6, 6.07) is 17.6. The number of aromatic nitrogens is 4. The summed E-state index contributed by atoms with van der Waals surface area (Å²) in [5, 5.41) is 26.6. The summed E-state index contributed by atoms with van der Waals surface area (Å²) in [7, 11) is 0. The van der Waals surface area contributed by atoms with E-state index in [1.165, 1.54) is 21.5 Å². The van der Waals surface area contributed by atoms with Crippen LogP contribution in [0.2, 0.25) is 0 Å². The first-order valence-corrected chi connectivity index (χ1v) is 12.0. The van der Waals surface area contributed by atoms with Crippen molar-refractivity contribution in [3.63, 3.8) is 0 Å². The molecular weight excluding hydrogens is 408 g/mol. The van der Waals surface area contributed by atoms with Gasteiger partial charge in [-0.3, -0.25) is 0 Å². The van der Waals surface area contributed by atoms with Crippen molar-refractivity contribution >= 4 is 44.2 Å². The Morgan fingerprint density at radius 2 is 1.03 bits per heavy atom. The van der Waals surface area contributed by atoms with E-state index in [1.54, 1.807) is 22.7 Å². The van der Waals surface area contributed by atoms with Gasteiger partial charge in [0.25, 0.3) is 0 Å². The van der Waals surface area contributed by atoms with E-state index in [-0.39, 0.29) is 0 Å². The van der Waals surface area contributed by atoms with Crippen molar-refractivity contribution in [2.24, 2.45) is 0 Å². The summed E-state index contributed by atoms with van der Waals surface area (Å²) >= 11 is 3.39. The fourth-order valence-corrected chi connectivity index (χ4v) is 5.51. The van der Waals surface area contributed by atoms with Crippen LogP contribution < -0.4 is 0 Å². The van der Waals surface area contributed by atoms with E-state index in [9.17, 15) is 0 Å². The zero-order valence-corrected chi connectivity index (χ0v) is 18.7. The summed E-state index contributed by atoms with van der Waals surface area (Å²) in [6.45, 7) is 4.34. The third-order valence-electron chi connectivity index (χ3n) is 5.15. The van der Waals surface area contributed by atoms with Gasteiger partial charge in [0.2, 0.25) is 0 Å². The Balaban J connectivity index is 1.54. The first kappa shape index (κ1) is 19.3. The fraction of sp³-hybridized carbons (Fsp3) is 0.250. The lowest BCUT2D eigenvalue weighted by molar-refractivity contribution is 0.879. The first-order valence-electron chi connectivity index (χ1n) is 10.4. The SMILES string of the molecule is CCCc1nnc(-c2ccc3cc4ccc(-c5nnc(CCC)s5)cc4cc3c2)s1. The second-order valence-corrected chi connectivity index (χ2v) is 9.60. The maximum absolute atomic E-state index is 4.40. The number of fused-ring (bicyclic) bond motifs is 2. The molecule has 5 aromatic rings. The third-order valence-corrected chi connectivity index (χ3v) is 7.22. The van der Waals surface area contributed by atoms with Gasteiger partial charge in [-0.1, -0.05) is 60.8 Å². The summed E-state index contributed by atoms with van der Waals surface area (Å²) in [4.78, 5) is 0. The molecule has 4 nitrogen and oxygen atoms in total. The molecular formula is C24H22N4S2. The van der Waals surface area contributed by atoms with Crippen molar-refractivity contribution < 1.29 is 0 Å². The Hall–Kier alpha value is -2.70. The molecule has 3 aromatic carbocycles. The molecule has 0 amide bonds. The molecule has 0 unspecified atom stereocenters. The van der Waals surface area contributed by atoms with Crippen LogP contribution >= 0.6 is 22.7 Å². The minimum Gasteiger partial charge on any atom is -0.143 e. The Kier molecular flexibility index (Phi) is 5.27. The van der Waals surface area contributed by atoms with Crippen LogP contribution in [-0.4, -0.2) is 20.4 Å². The maximum Gasteiger partial charge on any atom is 0.147 e. The van der Waals surface area contributed by atoms with Gasteiger partial charge in [0.1, 0.15) is 20.0 Å². The van der Waals surface area contributed by atoms with Gasteiger partial charge < -0.3 is 0 Å². The number of hydrogen-bond donors (Lipinski definition) is 0. The molecule has 30 heavy (non-hydrogen) atoms. The number of nitrogens with zero attached hydrogens (tertiary/aromatic N) is 4. The Labute approximate surface area is 183 Å². The van der Waals surface area contributed by atoms with Crippen molar-refractivity contribution in [1.82, 2.24) is 20.4 Å². The normalized spacial score (nSPS) is 11.5. The summed E-state index contributed by atoms with van der Waals surface area (Å²) in [5.74, 6) is 0. The van der Waals surface area contributed by atoms with Gasteiger partial charge in [0, 0.05) is 24.0 Å². The van der Waals surface area contributed by atoms with Crippen LogP contribution in [0, 0.1) is 0 Å². The molecule has 0 atom stereocenters. The molecule has 0 saturated carbocycles. The van der Waals surface area contributed by atoms with E-state index >= 15 is 0 Å². The molecule has 0 aliphatic heterocycles. The average Bonchev–Trinajstić information content (AvgIpc) is 3.42. The van der Waals surface area contributed by atoms with E-state index in [4.69, 9.17) is 0 Å². The Bertz CT molecular complexity index is 1240. The highest BCUT2D eigenvalue weighted by Gasteiger charge is 2.10. The van der Waals surface area contributed by atoms with Crippen molar-refractivity contribution in [2.75, 3.05) is 0 Å². The molecule has 0 fully saturated rings. The number of hydrogen-bond acceptors (Lipinski definition) is 6. The lowest BCUT2D eigenvalue weighted by Crippen LogP contribution is -1.82. The smallest absolute Gasteiger partial charge is 0.143 e. The van der Waals surface area contributed by atoms with Crippen LogP contribution in [0.3, 0.4) is 0 Å². The zero-order valence-electron chi connectivity index (χ0n) is 17.1. The first-order chi connectivity index (χ1) is 14.7. The van der Waals surface area contributed by atoms with Crippen LogP contribution in [0.1, 0.15) is 36.7 Å². The van der Waals surface area contributed by atoms with Gasteiger partial charge in [-0.05, 0) is 58.7 Å². The molecule has 5 rings (SSSR count). The molecule has 0 saturated heterocycles. The molecule has 2 heterocycles. The third kappa shape index (κ3) is 3.73. The largest absolute Gasteiger partial charge is 0.147 e. The van der Waals surface area contributed by atoms with E-state index in [1.807, 2.05) is 0 Å². The van der Waals surface area contributed by atoms with Gasteiger partial charge >= 0.3 is 0 Å². The summed E-state index contributed by atoms with van der Waals surface area (Å²) < 4.78 is 0. The van der Waals surface area contributed by atoms with Crippen LogP contribution in [0.5, 0.6) is 0 Å². The monoisotopic (exact) mass is 430 g/mol. The molecule has 2 aromatic heterocycles. The standard InChI is InChI=1S/C24H22N4S2/c1-3-5-21-25-27-23(29-21)17-9-7-15-11-16-8-10-18(13-20(16)14-19(15)12-17)24-28-26-22(30-24)6-4-2/h7-14H,3-6H2,1-2H3. The van der Waals surface area contributed by atoms with Crippen LogP contribution in [0.15, 0.2) is 48.5 Å². The van der Waals surface area contributed by atoms with E-state index in [0.29, 0.717) is 0 Å². The van der Waals surface area contributed by atoms with Crippen molar-refractivity contribution in [2.45, 2.75) is 39.5 Å². The zero-order chi connectivity index (χ0) is 20.5. The van der Waals surface area contributed by atoms with Crippen LogP contribution in [0.4, 0.5) is 0 Å². The summed E-state index contributed by atoms with van der Waals surface area (Å²) in [6.07, 6.45) is 4.17. The molecule has 0 radical (unpaired) electrons. The quantitative estimate of drug-likeness (QED) is 0.274. The maximum atomic E-state index is 4.40. The second-order valence-electron chi connectivity index (χ2n) is 7.48. The van der Waals surface area contributed by atoms with E-state index < -0.39 is 0 Å². The van der Waals surface area contributed by atoms with Gasteiger partial charge in [-0.15, -0.1) is 20.4 Å². The van der Waals surface area contributed by atoms with E-state index in [2.05, 4.69) is 82.8 Å². The molecule has 0 aliphatic carbocycles. The fourth-order valence-electron chi connectivity index (χ4n) is 3.63. The van der Waals surface area contributed by atoms with E-state index in [0.717, 1.165) is 56.8 Å². The molecule has 0 spiro atoms. The highest BCUT2D eigenvalue weighted by molar-refractivity contribution is 7.15.